The van der Waals surface area contributed by atoms with Crippen molar-refractivity contribution in [3.63, 3.8) is 0 Å². The number of para-hydroxylation sites is 2. The Hall–Kier alpha value is -1.96. The van der Waals surface area contributed by atoms with E-state index in [-0.39, 0.29) is 0 Å². The maximum absolute atomic E-state index is 2.31. The Balaban J connectivity index is 2.20. The molecule has 1 heterocycles. The van der Waals surface area contributed by atoms with Gasteiger partial charge in [0.05, 0.1) is 11.4 Å². The molecular formula is C16H18N2. The van der Waals surface area contributed by atoms with Gasteiger partial charge in [0, 0.05) is 33.3 Å². The van der Waals surface area contributed by atoms with E-state index in [1.54, 1.807) is 0 Å². The molecule has 0 aromatic heterocycles. The van der Waals surface area contributed by atoms with Crippen molar-refractivity contribution < 1.29 is 0 Å². The molecule has 1 aliphatic heterocycles. The molecule has 0 unspecified atom stereocenters. The minimum atomic E-state index is 1.03. The summed E-state index contributed by atoms with van der Waals surface area (Å²) in [5.74, 6) is 0. The van der Waals surface area contributed by atoms with Gasteiger partial charge in [0.2, 0.25) is 0 Å². The highest BCUT2D eigenvalue weighted by atomic mass is 15.2. The van der Waals surface area contributed by atoms with Crippen LogP contribution in [0.3, 0.4) is 0 Å². The topological polar surface area (TPSA) is 6.48 Å². The molecular weight excluding hydrogens is 220 g/mol. The molecule has 3 rings (SSSR count). The summed E-state index contributed by atoms with van der Waals surface area (Å²) in [4.78, 5) is 4.49. The second kappa shape index (κ2) is 4.05. The lowest BCUT2D eigenvalue weighted by atomic mass is 9.95. The highest BCUT2D eigenvalue weighted by molar-refractivity contribution is 5.83. The molecule has 2 heteroatoms. The van der Waals surface area contributed by atoms with Gasteiger partial charge in [-0.25, -0.2) is 0 Å². The van der Waals surface area contributed by atoms with Gasteiger partial charge in [-0.2, -0.15) is 0 Å². The van der Waals surface area contributed by atoms with E-state index in [1.165, 1.54) is 28.2 Å². The number of nitrogens with zero attached hydrogens (tertiary/aromatic N) is 2. The predicted octanol–water partition coefficient (Wildman–Crippen LogP) is 3.42. The first-order valence-corrected chi connectivity index (χ1v) is 6.29. The number of benzene rings is 2. The molecule has 0 N–H and O–H groups in total. The molecule has 0 aliphatic carbocycles. The fourth-order valence-electron chi connectivity index (χ4n) is 2.78. The number of fused-ring (bicyclic) bond motifs is 2. The molecule has 18 heavy (non-hydrogen) atoms. The minimum absolute atomic E-state index is 1.03. The van der Waals surface area contributed by atoms with Gasteiger partial charge in [-0.1, -0.05) is 30.3 Å². The van der Waals surface area contributed by atoms with Crippen LogP contribution in [0.1, 0.15) is 11.1 Å². The Kier molecular flexibility index (Phi) is 2.51. The van der Waals surface area contributed by atoms with Gasteiger partial charge in [-0.3, -0.25) is 0 Å². The van der Waals surface area contributed by atoms with Gasteiger partial charge in [-0.15, -0.1) is 0 Å². The first-order valence-electron chi connectivity index (χ1n) is 6.29. The summed E-state index contributed by atoms with van der Waals surface area (Å²) in [7, 11) is 6.36. The molecule has 0 saturated carbocycles. The van der Waals surface area contributed by atoms with Gasteiger partial charge in [0.15, 0.2) is 0 Å². The number of hydrogen-bond donors (Lipinski definition) is 0. The normalized spacial score (nSPS) is 12.9. The summed E-state index contributed by atoms with van der Waals surface area (Å²) < 4.78 is 0. The SMILES string of the molecule is CN(C)c1cccc2c1N(C)c1ccccc1C2. The summed E-state index contributed by atoms with van der Waals surface area (Å²) >= 11 is 0. The lowest BCUT2D eigenvalue weighted by Crippen LogP contribution is -2.22. The lowest BCUT2D eigenvalue weighted by molar-refractivity contribution is 1.03. The van der Waals surface area contributed by atoms with Crippen molar-refractivity contribution in [2.24, 2.45) is 0 Å². The molecule has 0 amide bonds. The fourth-order valence-corrected chi connectivity index (χ4v) is 2.78. The predicted molar refractivity (Wildman–Crippen MR) is 78.1 cm³/mol. The van der Waals surface area contributed by atoms with Crippen LogP contribution in [-0.2, 0) is 6.42 Å². The zero-order valence-corrected chi connectivity index (χ0v) is 11.1. The van der Waals surface area contributed by atoms with Gasteiger partial charge in [-0.05, 0) is 23.3 Å². The Bertz CT molecular complexity index is 587. The Morgan fingerprint density at radius 2 is 1.67 bits per heavy atom. The largest absolute Gasteiger partial charge is 0.376 e. The van der Waals surface area contributed by atoms with E-state index < -0.39 is 0 Å². The van der Waals surface area contributed by atoms with Crippen molar-refractivity contribution in [3.8, 4) is 0 Å². The van der Waals surface area contributed by atoms with Crippen LogP contribution in [0, 0.1) is 0 Å². The third kappa shape index (κ3) is 1.57. The number of anilines is 3. The molecule has 0 bridgehead atoms. The molecule has 2 aromatic carbocycles. The van der Waals surface area contributed by atoms with E-state index in [0.717, 1.165) is 6.42 Å². The molecule has 2 nitrogen and oxygen atoms in total. The van der Waals surface area contributed by atoms with Crippen LogP contribution >= 0.6 is 0 Å². The maximum Gasteiger partial charge on any atom is 0.0681 e. The second-order valence-electron chi connectivity index (χ2n) is 5.04. The monoisotopic (exact) mass is 238 g/mol. The average Bonchev–Trinajstić information content (AvgIpc) is 2.38. The van der Waals surface area contributed by atoms with Crippen molar-refractivity contribution in [2.75, 3.05) is 30.9 Å². The first kappa shape index (κ1) is 11.1. The van der Waals surface area contributed by atoms with E-state index in [2.05, 4.69) is 73.4 Å². The first-order chi connectivity index (χ1) is 8.68. The third-order valence-electron chi connectivity index (χ3n) is 3.65. The van der Waals surface area contributed by atoms with Crippen molar-refractivity contribution in [1.82, 2.24) is 0 Å². The van der Waals surface area contributed by atoms with Gasteiger partial charge in [0.1, 0.15) is 0 Å². The molecule has 1 aliphatic rings. The van der Waals surface area contributed by atoms with Gasteiger partial charge < -0.3 is 9.80 Å². The summed E-state index contributed by atoms with van der Waals surface area (Å²) in [6, 6.07) is 15.2. The molecule has 0 saturated heterocycles. The van der Waals surface area contributed by atoms with Crippen LogP contribution in [0.5, 0.6) is 0 Å². The van der Waals surface area contributed by atoms with Crippen LogP contribution in [0.25, 0.3) is 0 Å². The molecule has 0 spiro atoms. The Morgan fingerprint density at radius 1 is 0.944 bits per heavy atom. The second-order valence-corrected chi connectivity index (χ2v) is 5.04. The summed E-state index contributed by atoms with van der Waals surface area (Å²) in [5.41, 5.74) is 6.75. The van der Waals surface area contributed by atoms with Crippen molar-refractivity contribution in [2.45, 2.75) is 6.42 Å². The molecule has 92 valence electrons. The highest BCUT2D eigenvalue weighted by Crippen LogP contribution is 2.42. The van der Waals surface area contributed by atoms with Crippen molar-refractivity contribution in [3.05, 3.63) is 53.6 Å². The van der Waals surface area contributed by atoms with Crippen molar-refractivity contribution >= 4 is 17.1 Å². The maximum atomic E-state index is 2.31. The van der Waals surface area contributed by atoms with E-state index >= 15 is 0 Å². The standard InChI is InChI=1S/C16H18N2/c1-17(2)15-10-6-8-13-11-12-7-4-5-9-14(12)18(3)16(13)15/h4-10H,11H2,1-3H3. The molecule has 0 radical (unpaired) electrons. The van der Waals surface area contributed by atoms with Crippen LogP contribution in [0.15, 0.2) is 42.5 Å². The Labute approximate surface area is 108 Å². The minimum Gasteiger partial charge on any atom is -0.376 e. The van der Waals surface area contributed by atoms with Gasteiger partial charge >= 0.3 is 0 Å². The van der Waals surface area contributed by atoms with Crippen LogP contribution in [0.4, 0.5) is 17.1 Å². The summed E-state index contributed by atoms with van der Waals surface area (Å²) in [6.45, 7) is 0. The zero-order chi connectivity index (χ0) is 12.7. The highest BCUT2D eigenvalue weighted by Gasteiger charge is 2.22. The third-order valence-corrected chi connectivity index (χ3v) is 3.65. The number of rotatable bonds is 1. The zero-order valence-electron chi connectivity index (χ0n) is 11.1. The molecule has 0 fully saturated rings. The fraction of sp³-hybridized carbons (Fsp3) is 0.250. The lowest BCUT2D eigenvalue weighted by Gasteiger charge is -2.33. The summed E-state index contributed by atoms with van der Waals surface area (Å²) in [5, 5.41) is 0. The van der Waals surface area contributed by atoms with E-state index in [4.69, 9.17) is 0 Å². The van der Waals surface area contributed by atoms with E-state index in [1.807, 2.05) is 0 Å². The summed E-state index contributed by atoms with van der Waals surface area (Å²) in [6.07, 6.45) is 1.03. The molecule has 2 aromatic rings. The Morgan fingerprint density at radius 3 is 2.44 bits per heavy atom. The van der Waals surface area contributed by atoms with E-state index in [9.17, 15) is 0 Å². The average molecular weight is 238 g/mol. The van der Waals surface area contributed by atoms with Crippen LogP contribution < -0.4 is 9.80 Å². The molecule has 0 atom stereocenters. The quantitative estimate of drug-likeness (QED) is 0.751. The number of hydrogen-bond acceptors (Lipinski definition) is 2. The smallest absolute Gasteiger partial charge is 0.0681 e. The van der Waals surface area contributed by atoms with E-state index in [0.29, 0.717) is 0 Å². The van der Waals surface area contributed by atoms with Crippen LogP contribution in [-0.4, -0.2) is 21.1 Å². The van der Waals surface area contributed by atoms with Crippen molar-refractivity contribution in [1.29, 1.82) is 0 Å². The van der Waals surface area contributed by atoms with Crippen LogP contribution in [0.2, 0.25) is 0 Å². The van der Waals surface area contributed by atoms with Gasteiger partial charge in [0.25, 0.3) is 0 Å².